The van der Waals surface area contributed by atoms with E-state index in [9.17, 15) is 0 Å². The van der Waals surface area contributed by atoms with E-state index >= 15 is 0 Å². The van der Waals surface area contributed by atoms with Crippen molar-refractivity contribution in [1.29, 1.82) is 0 Å². The van der Waals surface area contributed by atoms with Crippen LogP contribution in [0.1, 0.15) is 56.9 Å². The van der Waals surface area contributed by atoms with Crippen molar-refractivity contribution < 1.29 is 4.74 Å². The van der Waals surface area contributed by atoms with Gasteiger partial charge in [0.1, 0.15) is 5.75 Å². The monoisotopic (exact) mass is 259 g/mol. The molecule has 104 valence electrons. The third-order valence-corrected chi connectivity index (χ3v) is 4.27. The molecule has 2 aliphatic rings. The second-order valence-corrected chi connectivity index (χ2v) is 6.05. The summed E-state index contributed by atoms with van der Waals surface area (Å²) >= 11 is 0. The van der Waals surface area contributed by atoms with Crippen LogP contribution in [0.4, 0.5) is 0 Å². The zero-order valence-corrected chi connectivity index (χ0v) is 11.9. The lowest BCUT2D eigenvalue weighted by molar-refractivity contribution is 0.302. The van der Waals surface area contributed by atoms with Gasteiger partial charge in [-0.05, 0) is 68.7 Å². The minimum Gasteiger partial charge on any atom is -0.490 e. The van der Waals surface area contributed by atoms with E-state index in [0.29, 0.717) is 6.10 Å². The predicted octanol–water partition coefficient (Wildman–Crippen LogP) is 3.86. The molecule has 2 atom stereocenters. The normalized spacial score (nSPS) is 26.6. The predicted molar refractivity (Wildman–Crippen MR) is 78.8 cm³/mol. The van der Waals surface area contributed by atoms with Crippen LogP contribution >= 0.6 is 0 Å². The Morgan fingerprint density at radius 1 is 1.21 bits per heavy atom. The van der Waals surface area contributed by atoms with Crippen LogP contribution in [0.15, 0.2) is 24.3 Å². The van der Waals surface area contributed by atoms with Gasteiger partial charge in [0.05, 0.1) is 6.10 Å². The molecule has 2 aliphatic carbocycles. The van der Waals surface area contributed by atoms with E-state index in [-0.39, 0.29) is 0 Å². The third-order valence-electron chi connectivity index (χ3n) is 4.27. The van der Waals surface area contributed by atoms with Gasteiger partial charge in [-0.15, -0.1) is 0 Å². The maximum atomic E-state index is 5.90. The van der Waals surface area contributed by atoms with Gasteiger partial charge in [0.2, 0.25) is 0 Å². The summed E-state index contributed by atoms with van der Waals surface area (Å²) in [6, 6.07) is 9.51. The van der Waals surface area contributed by atoms with Crippen LogP contribution in [-0.4, -0.2) is 18.7 Å². The van der Waals surface area contributed by atoms with Crippen molar-refractivity contribution in [3.05, 3.63) is 29.8 Å². The Morgan fingerprint density at radius 3 is 2.89 bits per heavy atom. The second kappa shape index (κ2) is 5.96. The highest BCUT2D eigenvalue weighted by Gasteiger charge is 2.26. The zero-order valence-electron chi connectivity index (χ0n) is 11.9. The van der Waals surface area contributed by atoms with Gasteiger partial charge in [-0.3, -0.25) is 0 Å². The Bertz CT molecular complexity index is 413. The number of rotatable bonds is 6. The van der Waals surface area contributed by atoms with Crippen LogP contribution in [-0.2, 0) is 0 Å². The summed E-state index contributed by atoms with van der Waals surface area (Å²) < 4.78 is 5.90. The van der Waals surface area contributed by atoms with Crippen molar-refractivity contribution >= 4 is 0 Å². The Labute approximate surface area is 116 Å². The molecule has 0 heterocycles. The minimum atomic E-state index is 0.498. The average molecular weight is 259 g/mol. The molecule has 0 saturated heterocycles. The number of hydrogen-bond acceptors (Lipinski definition) is 2. The lowest BCUT2D eigenvalue weighted by atomic mass is 9.97. The van der Waals surface area contributed by atoms with Crippen molar-refractivity contribution in [3.63, 3.8) is 0 Å². The first-order valence-electron chi connectivity index (χ1n) is 7.85. The quantitative estimate of drug-likeness (QED) is 0.837. The number of hydrogen-bond donors (Lipinski definition) is 1. The van der Waals surface area contributed by atoms with Crippen LogP contribution in [0.3, 0.4) is 0 Å². The van der Waals surface area contributed by atoms with Gasteiger partial charge >= 0.3 is 0 Å². The molecule has 1 aromatic rings. The van der Waals surface area contributed by atoms with Gasteiger partial charge in [0, 0.05) is 6.04 Å². The van der Waals surface area contributed by atoms with Crippen molar-refractivity contribution in [2.24, 2.45) is 0 Å². The molecular weight excluding hydrogens is 234 g/mol. The first kappa shape index (κ1) is 13.0. The minimum absolute atomic E-state index is 0.498. The van der Waals surface area contributed by atoms with E-state index < -0.39 is 0 Å². The van der Waals surface area contributed by atoms with Crippen molar-refractivity contribution in [2.75, 3.05) is 6.54 Å². The molecule has 2 unspecified atom stereocenters. The van der Waals surface area contributed by atoms with Crippen LogP contribution in [0.2, 0.25) is 0 Å². The van der Waals surface area contributed by atoms with E-state index in [2.05, 4.69) is 36.5 Å². The van der Waals surface area contributed by atoms with Gasteiger partial charge in [-0.25, -0.2) is 0 Å². The van der Waals surface area contributed by atoms with Gasteiger partial charge in [-0.2, -0.15) is 0 Å². The van der Waals surface area contributed by atoms with Crippen LogP contribution in [0, 0.1) is 0 Å². The van der Waals surface area contributed by atoms with Crippen LogP contribution < -0.4 is 10.1 Å². The van der Waals surface area contributed by atoms with Gasteiger partial charge in [0.15, 0.2) is 0 Å². The summed E-state index contributed by atoms with van der Waals surface area (Å²) in [6.07, 6.45) is 8.11. The molecule has 0 spiro atoms. The second-order valence-electron chi connectivity index (χ2n) is 6.05. The van der Waals surface area contributed by atoms with E-state index in [0.717, 1.165) is 24.3 Å². The van der Waals surface area contributed by atoms with Gasteiger partial charge in [0.25, 0.3) is 0 Å². The summed E-state index contributed by atoms with van der Waals surface area (Å²) in [6.45, 7) is 3.39. The largest absolute Gasteiger partial charge is 0.490 e. The molecule has 2 saturated carbocycles. The highest BCUT2D eigenvalue weighted by molar-refractivity contribution is 5.32. The summed E-state index contributed by atoms with van der Waals surface area (Å²) in [7, 11) is 0. The van der Waals surface area contributed by atoms with Gasteiger partial charge in [-0.1, -0.05) is 19.1 Å². The maximum absolute atomic E-state index is 5.90. The van der Waals surface area contributed by atoms with E-state index in [1.54, 1.807) is 0 Å². The molecule has 2 fully saturated rings. The first-order chi connectivity index (χ1) is 9.35. The fourth-order valence-corrected chi connectivity index (χ4v) is 3.04. The molecule has 3 rings (SSSR count). The summed E-state index contributed by atoms with van der Waals surface area (Å²) in [5.41, 5.74) is 1.47. The van der Waals surface area contributed by atoms with Crippen molar-refractivity contribution in [3.8, 4) is 5.75 Å². The van der Waals surface area contributed by atoms with E-state index in [1.165, 1.54) is 44.1 Å². The molecule has 1 N–H and O–H groups in total. The first-order valence-corrected chi connectivity index (χ1v) is 7.85. The fourth-order valence-electron chi connectivity index (χ4n) is 3.04. The topological polar surface area (TPSA) is 21.3 Å². The average Bonchev–Trinajstić information content (AvgIpc) is 3.11. The molecule has 0 amide bonds. The van der Waals surface area contributed by atoms with E-state index in [4.69, 9.17) is 4.74 Å². The van der Waals surface area contributed by atoms with Gasteiger partial charge < -0.3 is 10.1 Å². The Balaban J connectivity index is 1.59. The van der Waals surface area contributed by atoms with E-state index in [1.807, 2.05) is 0 Å². The smallest absolute Gasteiger partial charge is 0.119 e. The molecule has 2 heteroatoms. The highest BCUT2D eigenvalue weighted by atomic mass is 16.5. The van der Waals surface area contributed by atoms with Crippen LogP contribution in [0.5, 0.6) is 5.75 Å². The molecule has 19 heavy (non-hydrogen) atoms. The summed E-state index contributed by atoms with van der Waals surface area (Å²) in [5, 5.41) is 3.66. The lowest BCUT2D eigenvalue weighted by Gasteiger charge is -2.14. The lowest BCUT2D eigenvalue weighted by Crippen LogP contribution is -2.26. The molecule has 0 radical (unpaired) electrons. The van der Waals surface area contributed by atoms with Crippen LogP contribution in [0.25, 0.3) is 0 Å². The molecule has 0 aromatic heterocycles. The fraction of sp³-hybridized carbons (Fsp3) is 0.647. The Hall–Kier alpha value is -1.02. The Morgan fingerprint density at radius 2 is 2.11 bits per heavy atom. The number of benzene rings is 1. The zero-order chi connectivity index (χ0) is 13.1. The van der Waals surface area contributed by atoms with Crippen molar-refractivity contribution in [1.82, 2.24) is 5.32 Å². The summed E-state index contributed by atoms with van der Waals surface area (Å²) in [5.74, 6) is 1.79. The number of ether oxygens (including phenoxy) is 1. The SMILES string of the molecule is CCCNC1CCC(c2cccc(OC3CC3)c2)C1. The molecule has 0 bridgehead atoms. The summed E-state index contributed by atoms with van der Waals surface area (Å²) in [4.78, 5) is 0. The highest BCUT2D eigenvalue weighted by Crippen LogP contribution is 2.36. The molecule has 2 nitrogen and oxygen atoms in total. The standard InChI is InChI=1S/C17H25NO/c1-2-10-18-15-7-6-14(11-15)13-4-3-5-17(12-13)19-16-8-9-16/h3-5,12,14-16,18H,2,6-11H2,1H3. The van der Waals surface area contributed by atoms with Crippen molar-refractivity contribution in [2.45, 2.75) is 63.5 Å². The molecular formula is C17H25NO. The maximum Gasteiger partial charge on any atom is 0.119 e. The molecule has 1 aromatic carbocycles. The number of nitrogens with one attached hydrogen (secondary N) is 1. The third kappa shape index (κ3) is 3.50. The molecule has 0 aliphatic heterocycles. The Kier molecular flexibility index (Phi) is 4.07.